The summed E-state index contributed by atoms with van der Waals surface area (Å²) in [4.78, 5) is 19.0. The summed E-state index contributed by atoms with van der Waals surface area (Å²) in [6, 6.07) is 9.10. The number of halogens is 2. The molecule has 160 valence electrons. The summed E-state index contributed by atoms with van der Waals surface area (Å²) in [5.74, 6) is 0.942. The van der Waals surface area contributed by atoms with E-state index in [2.05, 4.69) is 21.3 Å². The van der Waals surface area contributed by atoms with E-state index < -0.39 is 0 Å². The Labute approximate surface area is 195 Å². The largest absolute Gasteiger partial charge is 0.316 e. The van der Waals surface area contributed by atoms with Crippen molar-refractivity contribution in [3.8, 4) is 17.1 Å². The van der Waals surface area contributed by atoms with Crippen LogP contribution in [0.2, 0.25) is 10.0 Å². The zero-order chi connectivity index (χ0) is 21.8. The van der Waals surface area contributed by atoms with E-state index in [4.69, 9.17) is 23.2 Å². The van der Waals surface area contributed by atoms with E-state index in [1.807, 2.05) is 34.6 Å². The molecule has 0 unspecified atom stereocenters. The van der Waals surface area contributed by atoms with Crippen molar-refractivity contribution in [1.29, 1.82) is 0 Å². The first-order chi connectivity index (χ1) is 15.1. The molecule has 0 radical (unpaired) electrons. The molecule has 3 aromatic rings. The molecule has 2 aromatic heterocycles. The van der Waals surface area contributed by atoms with E-state index in [0.717, 1.165) is 36.2 Å². The number of aromatic nitrogens is 4. The normalized spacial score (nSPS) is 13.3. The van der Waals surface area contributed by atoms with E-state index >= 15 is 0 Å². The van der Waals surface area contributed by atoms with Crippen LogP contribution in [0.15, 0.2) is 59.7 Å². The van der Waals surface area contributed by atoms with Crippen LogP contribution in [0.3, 0.4) is 0 Å². The lowest BCUT2D eigenvalue weighted by Gasteiger charge is -2.22. The summed E-state index contributed by atoms with van der Waals surface area (Å²) >= 11 is 13.7. The predicted molar refractivity (Wildman–Crippen MR) is 125 cm³/mol. The average Bonchev–Trinajstić information content (AvgIpc) is 3.46. The molecule has 0 N–H and O–H groups in total. The number of rotatable bonds is 7. The molecule has 0 atom stereocenters. The number of allylic oxidation sites excluding steroid dienone is 2. The third kappa shape index (κ3) is 4.79. The highest BCUT2D eigenvalue weighted by molar-refractivity contribution is 7.99. The van der Waals surface area contributed by atoms with Crippen LogP contribution >= 0.6 is 35.0 Å². The molecule has 1 aliphatic rings. The first-order valence-electron chi connectivity index (χ1n) is 10.0. The van der Waals surface area contributed by atoms with E-state index in [1.54, 1.807) is 24.5 Å². The monoisotopic (exact) mass is 473 g/mol. The van der Waals surface area contributed by atoms with Gasteiger partial charge in [0.15, 0.2) is 11.0 Å². The molecule has 9 heteroatoms. The lowest BCUT2D eigenvalue weighted by Crippen LogP contribution is -2.31. The molecule has 0 aliphatic heterocycles. The van der Waals surface area contributed by atoms with Crippen molar-refractivity contribution < 1.29 is 4.79 Å². The number of carbonyl (C=O) groups excluding carboxylic acids is 1. The number of hydrogen-bond acceptors (Lipinski definition) is 5. The van der Waals surface area contributed by atoms with Gasteiger partial charge < -0.3 is 4.90 Å². The number of pyridine rings is 1. The summed E-state index contributed by atoms with van der Waals surface area (Å²) < 4.78 is 1.88. The van der Waals surface area contributed by atoms with Crippen molar-refractivity contribution in [3.63, 3.8) is 0 Å². The zero-order valence-electron chi connectivity index (χ0n) is 17.0. The molecule has 0 fully saturated rings. The Bertz CT molecular complexity index is 1120. The van der Waals surface area contributed by atoms with Gasteiger partial charge in [0.25, 0.3) is 0 Å². The van der Waals surface area contributed by atoms with Crippen LogP contribution in [0.25, 0.3) is 17.1 Å². The first kappa shape index (κ1) is 21.9. The summed E-state index contributed by atoms with van der Waals surface area (Å²) in [5, 5.41) is 10.2. The lowest BCUT2D eigenvalue weighted by atomic mass is 10.2. The van der Waals surface area contributed by atoms with E-state index in [1.165, 1.54) is 11.8 Å². The summed E-state index contributed by atoms with van der Waals surface area (Å²) in [6.45, 7) is 2.66. The number of benzene rings is 1. The van der Waals surface area contributed by atoms with Gasteiger partial charge in [-0.1, -0.05) is 41.0 Å². The second kappa shape index (κ2) is 9.85. The van der Waals surface area contributed by atoms with E-state index in [0.29, 0.717) is 27.6 Å². The molecule has 0 bridgehead atoms. The Balaban J connectivity index is 1.65. The molecule has 1 aliphatic carbocycles. The third-order valence-electron chi connectivity index (χ3n) is 5.02. The summed E-state index contributed by atoms with van der Waals surface area (Å²) in [7, 11) is 0. The average molecular weight is 474 g/mol. The quantitative estimate of drug-likeness (QED) is 0.415. The molecule has 1 amide bonds. The van der Waals surface area contributed by atoms with E-state index in [-0.39, 0.29) is 11.7 Å². The van der Waals surface area contributed by atoms with Gasteiger partial charge in [-0.3, -0.25) is 14.3 Å². The summed E-state index contributed by atoms with van der Waals surface area (Å²) in [6.07, 6.45) is 8.68. The molecule has 4 rings (SSSR count). The molecule has 31 heavy (non-hydrogen) atoms. The SMILES string of the molecule is CCN(C(=O)CSc1nnc(-c2cccnc2)n1-c1ccc(Cl)c(Cl)c1)C1=CCCC1. The topological polar surface area (TPSA) is 63.9 Å². The Kier molecular flexibility index (Phi) is 6.95. The number of carbonyl (C=O) groups is 1. The minimum atomic E-state index is 0.0623. The van der Waals surface area contributed by atoms with Gasteiger partial charge in [0, 0.05) is 30.2 Å². The van der Waals surface area contributed by atoms with Crippen LogP contribution in [0.5, 0.6) is 0 Å². The third-order valence-corrected chi connectivity index (χ3v) is 6.67. The van der Waals surface area contributed by atoms with Crippen LogP contribution in [0.4, 0.5) is 0 Å². The number of thioether (sulfide) groups is 1. The number of hydrogen-bond donors (Lipinski definition) is 0. The van der Waals surface area contributed by atoms with Crippen LogP contribution in [0, 0.1) is 0 Å². The maximum atomic E-state index is 12.9. The van der Waals surface area contributed by atoms with Gasteiger partial charge >= 0.3 is 0 Å². The molecule has 0 spiro atoms. The van der Waals surface area contributed by atoms with E-state index in [9.17, 15) is 4.79 Å². The second-order valence-electron chi connectivity index (χ2n) is 7.00. The number of nitrogens with zero attached hydrogens (tertiary/aromatic N) is 5. The van der Waals surface area contributed by atoms with Crippen molar-refractivity contribution >= 4 is 40.9 Å². The van der Waals surface area contributed by atoms with Gasteiger partial charge in [-0.2, -0.15) is 0 Å². The maximum absolute atomic E-state index is 12.9. The fraction of sp³-hybridized carbons (Fsp3) is 0.273. The van der Waals surface area contributed by atoms with Gasteiger partial charge in [0.1, 0.15) is 0 Å². The highest BCUT2D eigenvalue weighted by Crippen LogP contribution is 2.31. The lowest BCUT2D eigenvalue weighted by molar-refractivity contribution is -0.126. The Hall–Kier alpha value is -2.35. The van der Waals surface area contributed by atoms with Gasteiger partial charge in [-0.25, -0.2) is 0 Å². The minimum Gasteiger partial charge on any atom is -0.316 e. The Morgan fingerprint density at radius 2 is 2.10 bits per heavy atom. The van der Waals surface area contributed by atoms with Crippen LogP contribution < -0.4 is 0 Å². The van der Waals surface area contributed by atoms with Crippen molar-refractivity contribution in [2.45, 2.75) is 31.3 Å². The first-order valence-corrected chi connectivity index (χ1v) is 11.8. The molecule has 0 saturated heterocycles. The van der Waals surface area contributed by atoms with Gasteiger partial charge in [-0.05, 0) is 56.5 Å². The van der Waals surface area contributed by atoms with Crippen LogP contribution in [-0.4, -0.2) is 42.9 Å². The Morgan fingerprint density at radius 1 is 1.23 bits per heavy atom. The highest BCUT2D eigenvalue weighted by Gasteiger charge is 2.22. The smallest absolute Gasteiger partial charge is 0.237 e. The fourth-order valence-corrected chi connectivity index (χ4v) is 4.67. The van der Waals surface area contributed by atoms with Crippen LogP contribution in [-0.2, 0) is 4.79 Å². The van der Waals surface area contributed by atoms with Crippen molar-refractivity contribution in [1.82, 2.24) is 24.6 Å². The number of amides is 1. The van der Waals surface area contributed by atoms with Crippen LogP contribution in [0.1, 0.15) is 26.2 Å². The predicted octanol–water partition coefficient (Wildman–Crippen LogP) is 5.64. The van der Waals surface area contributed by atoms with Gasteiger partial charge in [0.2, 0.25) is 5.91 Å². The molecular formula is C22H21Cl2N5OS. The van der Waals surface area contributed by atoms with Gasteiger partial charge in [0.05, 0.1) is 21.5 Å². The van der Waals surface area contributed by atoms with Crippen molar-refractivity contribution in [2.24, 2.45) is 0 Å². The minimum absolute atomic E-state index is 0.0623. The van der Waals surface area contributed by atoms with Gasteiger partial charge in [-0.15, -0.1) is 10.2 Å². The molecule has 2 heterocycles. The van der Waals surface area contributed by atoms with Crippen molar-refractivity contribution in [2.75, 3.05) is 12.3 Å². The molecule has 1 aromatic carbocycles. The molecular weight excluding hydrogens is 453 g/mol. The van der Waals surface area contributed by atoms with Crippen molar-refractivity contribution in [3.05, 3.63) is 64.5 Å². The maximum Gasteiger partial charge on any atom is 0.237 e. The second-order valence-corrected chi connectivity index (χ2v) is 8.75. The molecule has 0 saturated carbocycles. The fourth-order valence-electron chi connectivity index (χ4n) is 3.55. The summed E-state index contributed by atoms with van der Waals surface area (Å²) in [5.41, 5.74) is 2.69. The highest BCUT2D eigenvalue weighted by atomic mass is 35.5. The Morgan fingerprint density at radius 3 is 2.77 bits per heavy atom. The zero-order valence-corrected chi connectivity index (χ0v) is 19.3. The molecule has 6 nitrogen and oxygen atoms in total. The standard InChI is InChI=1S/C22H21Cl2N5OS/c1-2-28(16-7-3-4-8-16)20(30)14-31-22-27-26-21(15-6-5-11-25-13-15)29(22)17-9-10-18(23)19(24)12-17/h5-7,9-13H,2-4,8,14H2,1H3.